The summed E-state index contributed by atoms with van der Waals surface area (Å²) in [4.78, 5) is 18.7. The van der Waals surface area contributed by atoms with Gasteiger partial charge in [-0.15, -0.1) is 11.3 Å². The Morgan fingerprint density at radius 1 is 1.30 bits per heavy atom. The summed E-state index contributed by atoms with van der Waals surface area (Å²) in [7, 11) is 3.79. The number of esters is 1. The molecule has 1 heterocycles. The van der Waals surface area contributed by atoms with E-state index in [2.05, 4.69) is 31.0 Å². The summed E-state index contributed by atoms with van der Waals surface area (Å²) in [6.45, 7) is 6.30. The monoisotopic (exact) mass is 330 g/mol. The molecule has 1 aromatic carbocycles. The first-order valence-corrected chi connectivity index (χ1v) is 8.38. The maximum Gasteiger partial charge on any atom is 0.341 e. The van der Waals surface area contributed by atoms with Crippen LogP contribution < -0.4 is 0 Å². The van der Waals surface area contributed by atoms with Crippen molar-refractivity contribution >= 4 is 28.6 Å². The van der Waals surface area contributed by atoms with Crippen LogP contribution in [0.25, 0.3) is 11.1 Å². The average molecular weight is 330 g/mol. The van der Waals surface area contributed by atoms with Crippen LogP contribution >= 0.6 is 11.3 Å². The summed E-state index contributed by atoms with van der Waals surface area (Å²) in [5.41, 5.74) is 4.86. The zero-order valence-electron chi connectivity index (χ0n) is 14.2. The number of hydrogen-bond donors (Lipinski definition) is 0. The van der Waals surface area contributed by atoms with Gasteiger partial charge in [0.15, 0.2) is 0 Å². The Hall–Kier alpha value is -2.14. The molecular formula is C18H22N2O2S. The predicted octanol–water partition coefficient (Wildman–Crippen LogP) is 4.43. The lowest BCUT2D eigenvalue weighted by Gasteiger charge is -2.08. The Bertz CT molecular complexity index is 733. The molecule has 0 saturated carbocycles. The van der Waals surface area contributed by atoms with Crippen LogP contribution in [-0.4, -0.2) is 37.9 Å². The van der Waals surface area contributed by atoms with Crippen molar-refractivity contribution in [1.29, 1.82) is 0 Å². The molecule has 0 aliphatic heterocycles. The molecule has 0 bridgehead atoms. The van der Waals surface area contributed by atoms with Gasteiger partial charge in [-0.25, -0.2) is 9.79 Å². The number of hydrogen-bond acceptors (Lipinski definition) is 4. The minimum atomic E-state index is -0.326. The van der Waals surface area contributed by atoms with E-state index in [1.54, 1.807) is 6.34 Å². The van der Waals surface area contributed by atoms with Crippen LogP contribution in [0, 0.1) is 13.8 Å². The standard InChI is InChI=1S/C18H22N2O2S/c1-6-22-18(21)16-15(10-23-17(16)19-11-20(4)5)14-8-7-12(2)13(3)9-14/h7-11H,6H2,1-5H3. The molecule has 122 valence electrons. The molecule has 0 aliphatic carbocycles. The van der Waals surface area contributed by atoms with Gasteiger partial charge >= 0.3 is 5.97 Å². The van der Waals surface area contributed by atoms with Crippen LogP contribution in [0.1, 0.15) is 28.4 Å². The van der Waals surface area contributed by atoms with Crippen LogP contribution in [0.15, 0.2) is 28.6 Å². The third kappa shape index (κ3) is 3.99. The molecule has 0 spiro atoms. The largest absolute Gasteiger partial charge is 0.462 e. The highest BCUT2D eigenvalue weighted by Gasteiger charge is 2.21. The second kappa shape index (κ2) is 7.42. The fourth-order valence-electron chi connectivity index (χ4n) is 2.13. The summed E-state index contributed by atoms with van der Waals surface area (Å²) >= 11 is 1.45. The Morgan fingerprint density at radius 2 is 2.04 bits per heavy atom. The topological polar surface area (TPSA) is 41.9 Å². The zero-order valence-corrected chi connectivity index (χ0v) is 15.0. The number of carbonyl (C=O) groups excluding carboxylic acids is 1. The molecule has 1 aromatic heterocycles. The zero-order chi connectivity index (χ0) is 17.0. The quantitative estimate of drug-likeness (QED) is 0.463. The Balaban J connectivity index is 2.54. The molecule has 0 radical (unpaired) electrons. The second-order valence-electron chi connectivity index (χ2n) is 5.56. The number of rotatable bonds is 5. The molecule has 23 heavy (non-hydrogen) atoms. The number of nitrogens with zero attached hydrogens (tertiary/aromatic N) is 2. The van der Waals surface area contributed by atoms with Gasteiger partial charge in [0.05, 0.1) is 12.9 Å². The number of carbonyl (C=O) groups is 1. The summed E-state index contributed by atoms with van der Waals surface area (Å²) in [6, 6.07) is 6.20. The number of thiophene rings is 1. The van der Waals surface area contributed by atoms with Crippen molar-refractivity contribution in [2.75, 3.05) is 20.7 Å². The van der Waals surface area contributed by atoms with Crippen LogP contribution in [-0.2, 0) is 4.74 Å². The fraction of sp³-hybridized carbons (Fsp3) is 0.333. The van der Waals surface area contributed by atoms with Crippen molar-refractivity contribution in [3.63, 3.8) is 0 Å². The van der Waals surface area contributed by atoms with E-state index in [9.17, 15) is 4.79 Å². The Kier molecular flexibility index (Phi) is 5.55. The van der Waals surface area contributed by atoms with Crippen LogP contribution in [0.5, 0.6) is 0 Å². The highest BCUT2D eigenvalue weighted by atomic mass is 32.1. The van der Waals surface area contributed by atoms with Crippen LogP contribution in [0.2, 0.25) is 0 Å². The predicted molar refractivity (Wildman–Crippen MR) is 97.0 cm³/mol. The van der Waals surface area contributed by atoms with Gasteiger partial charge in [-0.05, 0) is 37.5 Å². The molecule has 5 heteroatoms. The van der Waals surface area contributed by atoms with E-state index >= 15 is 0 Å². The van der Waals surface area contributed by atoms with Gasteiger partial charge in [0.25, 0.3) is 0 Å². The third-order valence-electron chi connectivity index (χ3n) is 3.48. The third-order valence-corrected chi connectivity index (χ3v) is 4.36. The summed E-state index contributed by atoms with van der Waals surface area (Å²) in [5.74, 6) is -0.326. The number of aryl methyl sites for hydroxylation is 2. The van der Waals surface area contributed by atoms with Crippen molar-refractivity contribution in [2.24, 2.45) is 4.99 Å². The van der Waals surface area contributed by atoms with Gasteiger partial charge in [-0.1, -0.05) is 18.2 Å². The van der Waals surface area contributed by atoms with E-state index in [1.165, 1.54) is 22.5 Å². The lowest BCUT2D eigenvalue weighted by molar-refractivity contribution is 0.0529. The molecular weight excluding hydrogens is 308 g/mol. The van der Waals surface area contributed by atoms with Gasteiger partial charge in [-0.3, -0.25) is 0 Å². The lowest BCUT2D eigenvalue weighted by Crippen LogP contribution is -2.08. The van der Waals surface area contributed by atoms with Crippen molar-refractivity contribution < 1.29 is 9.53 Å². The van der Waals surface area contributed by atoms with E-state index < -0.39 is 0 Å². The van der Waals surface area contributed by atoms with Gasteiger partial charge in [-0.2, -0.15) is 0 Å². The molecule has 0 fully saturated rings. The van der Waals surface area contributed by atoms with Crippen LogP contribution in [0.3, 0.4) is 0 Å². The lowest BCUT2D eigenvalue weighted by atomic mass is 9.99. The van der Waals surface area contributed by atoms with Crippen molar-refractivity contribution in [2.45, 2.75) is 20.8 Å². The molecule has 0 aliphatic rings. The smallest absolute Gasteiger partial charge is 0.341 e. The molecule has 0 atom stereocenters. The van der Waals surface area contributed by atoms with Gasteiger partial charge in [0, 0.05) is 25.0 Å². The summed E-state index contributed by atoms with van der Waals surface area (Å²) in [5, 5.41) is 2.64. The van der Waals surface area contributed by atoms with Crippen LogP contribution in [0.4, 0.5) is 5.00 Å². The molecule has 0 amide bonds. The molecule has 2 rings (SSSR count). The minimum absolute atomic E-state index is 0.326. The first kappa shape index (κ1) is 17.2. The molecule has 0 unspecified atom stereocenters. The van der Waals surface area contributed by atoms with Gasteiger partial charge in [0.1, 0.15) is 10.6 Å². The van der Waals surface area contributed by atoms with E-state index in [1.807, 2.05) is 37.4 Å². The second-order valence-corrected chi connectivity index (χ2v) is 6.42. The highest BCUT2D eigenvalue weighted by Crippen LogP contribution is 2.38. The maximum atomic E-state index is 12.4. The van der Waals surface area contributed by atoms with E-state index in [-0.39, 0.29) is 5.97 Å². The number of aliphatic imine (C=N–C) groups is 1. The Morgan fingerprint density at radius 3 is 2.65 bits per heavy atom. The Labute approximate surface area is 141 Å². The first-order chi connectivity index (χ1) is 10.9. The van der Waals surface area contributed by atoms with E-state index in [0.717, 1.165) is 11.1 Å². The summed E-state index contributed by atoms with van der Waals surface area (Å²) < 4.78 is 5.23. The van der Waals surface area contributed by atoms with E-state index in [0.29, 0.717) is 17.2 Å². The van der Waals surface area contributed by atoms with Crippen molar-refractivity contribution in [1.82, 2.24) is 4.90 Å². The number of benzene rings is 1. The van der Waals surface area contributed by atoms with Gasteiger partial charge in [0.2, 0.25) is 0 Å². The SMILES string of the molecule is CCOC(=O)c1c(-c2ccc(C)c(C)c2)csc1N=CN(C)C. The maximum absolute atomic E-state index is 12.4. The normalized spacial score (nSPS) is 11.0. The molecule has 0 N–H and O–H groups in total. The molecule has 2 aromatic rings. The average Bonchev–Trinajstić information content (AvgIpc) is 2.92. The molecule has 4 nitrogen and oxygen atoms in total. The van der Waals surface area contributed by atoms with Crippen molar-refractivity contribution in [3.05, 3.63) is 40.3 Å². The molecule has 0 saturated heterocycles. The number of ether oxygens (including phenoxy) is 1. The summed E-state index contributed by atoms with van der Waals surface area (Å²) in [6.07, 6.45) is 1.69. The fourth-order valence-corrected chi connectivity index (χ4v) is 3.04. The van der Waals surface area contributed by atoms with Crippen molar-refractivity contribution in [3.8, 4) is 11.1 Å². The highest BCUT2D eigenvalue weighted by molar-refractivity contribution is 7.14. The van der Waals surface area contributed by atoms with E-state index in [4.69, 9.17) is 4.74 Å². The van der Waals surface area contributed by atoms with Gasteiger partial charge < -0.3 is 9.64 Å². The minimum Gasteiger partial charge on any atom is -0.462 e. The first-order valence-electron chi connectivity index (χ1n) is 7.50.